The molecule has 3 aromatic rings. The minimum absolute atomic E-state index is 0.102. The summed E-state index contributed by atoms with van der Waals surface area (Å²) in [6.07, 6.45) is -0.155. The van der Waals surface area contributed by atoms with Gasteiger partial charge in [-0.15, -0.1) is 0 Å². The lowest BCUT2D eigenvalue weighted by Crippen LogP contribution is -2.34. The Balaban J connectivity index is 1.75. The normalized spacial score (nSPS) is 12.8. The Kier molecular flexibility index (Phi) is 9.43. The highest BCUT2D eigenvalue weighted by molar-refractivity contribution is 7.55. The van der Waals surface area contributed by atoms with Gasteiger partial charge in [-0.25, -0.2) is 0 Å². The number of carbonyl (C=O) groups excluding carboxylic acids is 1. The predicted molar refractivity (Wildman–Crippen MR) is 135 cm³/mol. The number of esters is 1. The fourth-order valence-electron chi connectivity index (χ4n) is 3.33. The smallest absolute Gasteiger partial charge is 0.345 e. The van der Waals surface area contributed by atoms with Gasteiger partial charge >= 0.3 is 13.6 Å². The molecule has 0 saturated heterocycles. The third-order valence-electron chi connectivity index (χ3n) is 4.88. The number of hydrogen-bond donors (Lipinski definition) is 0. The second-order valence-electron chi connectivity index (χ2n) is 8.94. The Bertz CT molecular complexity index is 1150. The molecule has 0 saturated carbocycles. The van der Waals surface area contributed by atoms with Crippen LogP contribution in [0.25, 0.3) is 11.4 Å². The molecule has 3 rings (SSSR count). The summed E-state index contributed by atoms with van der Waals surface area (Å²) in [5.74, 6) is 0.424. The van der Waals surface area contributed by atoms with Crippen LogP contribution < -0.4 is 4.74 Å². The summed E-state index contributed by atoms with van der Waals surface area (Å²) in [7, 11) is -3.86. The van der Waals surface area contributed by atoms with Gasteiger partial charge in [-0.3, -0.25) is 9.36 Å². The summed E-state index contributed by atoms with van der Waals surface area (Å²) in [5.41, 5.74) is -0.272. The van der Waals surface area contributed by atoms with E-state index >= 15 is 0 Å². The Hall–Kier alpha value is -3.00. The first kappa shape index (κ1) is 27.6. The van der Waals surface area contributed by atoms with E-state index in [9.17, 15) is 9.36 Å². The molecule has 1 unspecified atom stereocenters. The van der Waals surface area contributed by atoms with E-state index in [2.05, 4.69) is 10.1 Å². The van der Waals surface area contributed by atoms with E-state index < -0.39 is 24.8 Å². The van der Waals surface area contributed by atoms with Crippen LogP contribution in [-0.2, 0) is 36.2 Å². The van der Waals surface area contributed by atoms with E-state index in [1.165, 1.54) is 0 Å². The maximum Gasteiger partial charge on any atom is 0.345 e. The first-order chi connectivity index (χ1) is 17.1. The molecule has 0 aliphatic rings. The number of aromatic nitrogens is 2. The predicted octanol–water partition coefficient (Wildman–Crippen LogP) is 5.83. The van der Waals surface area contributed by atoms with E-state index in [0.717, 1.165) is 5.56 Å². The van der Waals surface area contributed by atoms with E-state index in [1.54, 1.807) is 34.6 Å². The second kappa shape index (κ2) is 12.3. The average Bonchev–Trinajstić information content (AvgIpc) is 3.30. The Morgan fingerprint density at radius 2 is 1.64 bits per heavy atom. The molecule has 10 heteroatoms. The summed E-state index contributed by atoms with van der Waals surface area (Å²) < 4.78 is 41.0. The van der Waals surface area contributed by atoms with Gasteiger partial charge in [0.2, 0.25) is 11.7 Å². The molecule has 0 aliphatic carbocycles. The van der Waals surface area contributed by atoms with Gasteiger partial charge in [-0.05, 0) is 64.4 Å². The fraction of sp³-hybridized carbons (Fsp3) is 0.423. The standard InChI is InChI=1S/C26H33N2O7P/c1-6-32-36(30,33-7-2)22(25(29)34-26(3,4)5)17-23-27-24(28-35-23)20-13-15-21(16-14-20)31-18-19-11-9-8-10-12-19/h8-16,22H,6-7,17-18H2,1-5H3. The van der Waals surface area contributed by atoms with Crippen molar-refractivity contribution in [1.82, 2.24) is 10.1 Å². The molecule has 194 valence electrons. The number of rotatable bonds is 12. The van der Waals surface area contributed by atoms with Gasteiger partial charge in [0, 0.05) is 5.56 Å². The molecule has 2 aromatic carbocycles. The third-order valence-corrected chi connectivity index (χ3v) is 7.27. The lowest BCUT2D eigenvalue weighted by molar-refractivity contribution is -0.154. The highest BCUT2D eigenvalue weighted by Crippen LogP contribution is 2.54. The van der Waals surface area contributed by atoms with Crippen molar-refractivity contribution in [1.29, 1.82) is 0 Å². The highest BCUT2D eigenvalue weighted by Gasteiger charge is 2.44. The zero-order valence-corrected chi connectivity index (χ0v) is 22.2. The van der Waals surface area contributed by atoms with Crippen LogP contribution in [0.5, 0.6) is 5.75 Å². The maximum absolute atomic E-state index is 13.5. The van der Waals surface area contributed by atoms with Gasteiger partial charge in [0.05, 0.1) is 19.6 Å². The molecule has 1 aromatic heterocycles. The fourth-order valence-corrected chi connectivity index (χ4v) is 5.18. The molecule has 1 heterocycles. The highest BCUT2D eigenvalue weighted by atomic mass is 31.2. The van der Waals surface area contributed by atoms with Crippen molar-refractivity contribution in [2.75, 3.05) is 13.2 Å². The maximum atomic E-state index is 13.5. The molecule has 0 fully saturated rings. The molecule has 36 heavy (non-hydrogen) atoms. The van der Waals surface area contributed by atoms with Crippen molar-refractivity contribution in [3.8, 4) is 17.1 Å². The van der Waals surface area contributed by atoms with Crippen molar-refractivity contribution >= 4 is 13.6 Å². The minimum atomic E-state index is -3.86. The number of nitrogens with zero attached hydrogens (tertiary/aromatic N) is 2. The van der Waals surface area contributed by atoms with E-state index in [-0.39, 0.29) is 25.5 Å². The molecular formula is C26H33N2O7P. The second-order valence-corrected chi connectivity index (χ2v) is 11.2. The molecule has 1 atom stereocenters. The van der Waals surface area contributed by atoms with Gasteiger partial charge in [-0.2, -0.15) is 4.98 Å². The van der Waals surface area contributed by atoms with Crippen LogP contribution in [-0.4, -0.2) is 40.6 Å². The molecule has 0 bridgehead atoms. The van der Waals surface area contributed by atoms with E-state index in [1.807, 2.05) is 54.6 Å². The Morgan fingerprint density at radius 1 is 1.00 bits per heavy atom. The lowest BCUT2D eigenvalue weighted by atomic mass is 10.2. The van der Waals surface area contributed by atoms with Crippen molar-refractivity contribution in [3.63, 3.8) is 0 Å². The van der Waals surface area contributed by atoms with Crippen LogP contribution in [0.2, 0.25) is 0 Å². The average molecular weight is 517 g/mol. The number of carbonyl (C=O) groups is 1. The van der Waals surface area contributed by atoms with Crippen molar-refractivity contribution in [3.05, 3.63) is 66.1 Å². The van der Waals surface area contributed by atoms with Gasteiger partial charge in [0.25, 0.3) is 0 Å². The quantitative estimate of drug-likeness (QED) is 0.217. The summed E-state index contributed by atoms with van der Waals surface area (Å²) in [6, 6.07) is 17.1. The van der Waals surface area contributed by atoms with Crippen molar-refractivity contribution in [2.45, 2.75) is 58.9 Å². The third kappa shape index (κ3) is 7.75. The first-order valence-corrected chi connectivity index (χ1v) is 13.5. The molecule has 0 spiro atoms. The van der Waals surface area contributed by atoms with Crippen LogP contribution >= 0.6 is 7.60 Å². The van der Waals surface area contributed by atoms with Crippen molar-refractivity contribution < 1.29 is 32.4 Å². The van der Waals surface area contributed by atoms with Gasteiger partial charge < -0.3 is 23.0 Å². The zero-order chi connectivity index (χ0) is 26.2. The minimum Gasteiger partial charge on any atom is -0.489 e. The Labute approximate surface area is 211 Å². The molecule has 0 radical (unpaired) electrons. The summed E-state index contributed by atoms with van der Waals surface area (Å²) >= 11 is 0. The zero-order valence-electron chi connectivity index (χ0n) is 21.3. The number of hydrogen-bond acceptors (Lipinski definition) is 9. The summed E-state index contributed by atoms with van der Waals surface area (Å²) in [6.45, 7) is 9.20. The SMILES string of the molecule is CCOP(=O)(OCC)C(Cc1nc(-c2ccc(OCc3ccccc3)cc2)no1)C(=O)OC(C)(C)C. The van der Waals surface area contributed by atoms with Gasteiger partial charge in [0.15, 0.2) is 5.66 Å². The molecule has 0 aliphatic heterocycles. The van der Waals surface area contributed by atoms with Gasteiger partial charge in [-0.1, -0.05) is 35.5 Å². The molecule has 0 amide bonds. The topological polar surface area (TPSA) is 110 Å². The number of benzene rings is 2. The van der Waals surface area contributed by atoms with Crippen LogP contribution in [0, 0.1) is 0 Å². The van der Waals surface area contributed by atoms with Gasteiger partial charge in [0.1, 0.15) is 18.0 Å². The van der Waals surface area contributed by atoms with Crippen LogP contribution in [0.4, 0.5) is 0 Å². The van der Waals surface area contributed by atoms with Crippen molar-refractivity contribution in [2.24, 2.45) is 0 Å². The molecule has 9 nitrogen and oxygen atoms in total. The monoisotopic (exact) mass is 516 g/mol. The molecule has 0 N–H and O–H groups in total. The first-order valence-electron chi connectivity index (χ1n) is 11.8. The van der Waals surface area contributed by atoms with E-state index in [4.69, 9.17) is 23.0 Å². The number of ether oxygens (including phenoxy) is 2. The van der Waals surface area contributed by atoms with Crippen LogP contribution in [0.15, 0.2) is 59.1 Å². The lowest BCUT2D eigenvalue weighted by Gasteiger charge is -2.27. The van der Waals surface area contributed by atoms with Crippen LogP contribution in [0.1, 0.15) is 46.1 Å². The largest absolute Gasteiger partial charge is 0.489 e. The molecular weight excluding hydrogens is 483 g/mol. The van der Waals surface area contributed by atoms with E-state index in [0.29, 0.717) is 23.7 Å². The Morgan fingerprint density at radius 3 is 2.22 bits per heavy atom. The summed E-state index contributed by atoms with van der Waals surface area (Å²) in [4.78, 5) is 17.4. The van der Waals surface area contributed by atoms with Crippen LogP contribution in [0.3, 0.4) is 0 Å². The summed E-state index contributed by atoms with van der Waals surface area (Å²) in [5, 5.41) is 4.02.